The van der Waals surface area contributed by atoms with Crippen molar-refractivity contribution in [3.05, 3.63) is 47.8 Å². The second-order valence-corrected chi connectivity index (χ2v) is 4.73. The Hall–Kier alpha value is -2.67. The molecule has 1 atom stereocenters. The Morgan fingerprint density at radius 1 is 1.36 bits per heavy atom. The van der Waals surface area contributed by atoms with Crippen molar-refractivity contribution in [3.63, 3.8) is 0 Å². The van der Waals surface area contributed by atoms with Gasteiger partial charge >= 0.3 is 5.97 Å². The number of rotatable bonds is 5. The number of likely N-dealkylation sites (N-methyl/N-ethyl adjacent to an activating group) is 1. The van der Waals surface area contributed by atoms with E-state index in [0.29, 0.717) is 11.3 Å². The fourth-order valence-electron chi connectivity index (χ4n) is 2.09. The molecule has 1 amide bonds. The molecule has 0 saturated carbocycles. The van der Waals surface area contributed by atoms with E-state index in [2.05, 4.69) is 20.5 Å². The summed E-state index contributed by atoms with van der Waals surface area (Å²) in [5.41, 5.74) is 1.66. The highest BCUT2D eigenvalue weighted by molar-refractivity contribution is 5.97. The highest BCUT2D eigenvalue weighted by atomic mass is 16.5. The molecule has 0 aliphatic rings. The van der Waals surface area contributed by atoms with Crippen LogP contribution < -0.4 is 10.6 Å². The van der Waals surface area contributed by atoms with E-state index in [0.717, 1.165) is 5.56 Å². The van der Waals surface area contributed by atoms with Crippen LogP contribution in [-0.2, 0) is 16.6 Å². The lowest BCUT2D eigenvalue weighted by Gasteiger charge is -2.15. The minimum atomic E-state index is -0.532. The number of ether oxygens (including phenoxy) is 1. The second kappa shape index (κ2) is 6.86. The van der Waals surface area contributed by atoms with Gasteiger partial charge in [-0.15, -0.1) is 0 Å². The number of carbonyl (C=O) groups excluding carboxylic acids is 2. The highest BCUT2D eigenvalue weighted by Gasteiger charge is 2.20. The number of carbonyl (C=O) groups is 2. The molecular weight excluding hydrogens is 284 g/mol. The van der Waals surface area contributed by atoms with Crippen molar-refractivity contribution < 1.29 is 14.3 Å². The van der Waals surface area contributed by atoms with Crippen LogP contribution in [0.2, 0.25) is 0 Å². The normalized spacial score (nSPS) is 11.8. The Balaban J connectivity index is 2.15. The number of benzene rings is 1. The van der Waals surface area contributed by atoms with Crippen molar-refractivity contribution in [1.29, 1.82) is 0 Å². The van der Waals surface area contributed by atoms with Crippen molar-refractivity contribution in [1.82, 2.24) is 15.1 Å². The first-order valence-corrected chi connectivity index (χ1v) is 6.70. The Morgan fingerprint density at radius 2 is 2.14 bits per heavy atom. The summed E-state index contributed by atoms with van der Waals surface area (Å²) in [6.45, 7) is 0. The van der Waals surface area contributed by atoms with Crippen LogP contribution in [0.15, 0.2) is 36.7 Å². The van der Waals surface area contributed by atoms with E-state index in [1.165, 1.54) is 7.11 Å². The lowest BCUT2D eigenvalue weighted by atomic mass is 10.1. The number of methoxy groups -OCH3 is 1. The Labute approximate surface area is 128 Å². The van der Waals surface area contributed by atoms with Gasteiger partial charge in [-0.1, -0.05) is 6.07 Å². The van der Waals surface area contributed by atoms with Gasteiger partial charge < -0.3 is 15.4 Å². The lowest BCUT2D eigenvalue weighted by Crippen LogP contribution is -2.30. The SMILES string of the molecule is CNC(C(=O)Nc1cccc(C(=O)OC)c1)c1cnn(C)c1. The summed E-state index contributed by atoms with van der Waals surface area (Å²) >= 11 is 0. The number of anilines is 1. The van der Waals surface area contributed by atoms with E-state index >= 15 is 0 Å². The maximum absolute atomic E-state index is 12.4. The van der Waals surface area contributed by atoms with Gasteiger partial charge in [-0.2, -0.15) is 5.10 Å². The molecule has 2 aromatic rings. The molecule has 0 bridgehead atoms. The van der Waals surface area contributed by atoms with Gasteiger partial charge in [0, 0.05) is 24.5 Å². The largest absolute Gasteiger partial charge is 0.465 e. The van der Waals surface area contributed by atoms with Crippen LogP contribution in [0.25, 0.3) is 0 Å². The first-order chi connectivity index (χ1) is 10.5. The third-order valence-electron chi connectivity index (χ3n) is 3.16. The van der Waals surface area contributed by atoms with Crippen LogP contribution in [0.1, 0.15) is 22.0 Å². The van der Waals surface area contributed by atoms with Crippen molar-refractivity contribution in [3.8, 4) is 0 Å². The molecule has 1 aromatic carbocycles. The smallest absolute Gasteiger partial charge is 0.337 e. The molecule has 0 radical (unpaired) electrons. The summed E-state index contributed by atoms with van der Waals surface area (Å²) in [5, 5.41) is 9.78. The zero-order valence-electron chi connectivity index (χ0n) is 12.7. The van der Waals surface area contributed by atoms with E-state index in [1.54, 1.807) is 55.4 Å². The number of hydrogen-bond donors (Lipinski definition) is 2. The van der Waals surface area contributed by atoms with Crippen molar-refractivity contribution in [2.75, 3.05) is 19.5 Å². The van der Waals surface area contributed by atoms with E-state index in [-0.39, 0.29) is 5.91 Å². The van der Waals surface area contributed by atoms with Crippen LogP contribution in [0.5, 0.6) is 0 Å². The standard InChI is InChI=1S/C15H18N4O3/c1-16-13(11-8-17-19(2)9-11)14(20)18-12-6-4-5-10(7-12)15(21)22-3/h4-9,13,16H,1-3H3,(H,18,20). The predicted molar refractivity (Wildman–Crippen MR) is 81.4 cm³/mol. The number of aromatic nitrogens is 2. The van der Waals surface area contributed by atoms with Gasteiger partial charge in [0.25, 0.3) is 0 Å². The molecule has 0 aliphatic carbocycles. The molecule has 7 nitrogen and oxygen atoms in total. The average molecular weight is 302 g/mol. The average Bonchev–Trinajstić information content (AvgIpc) is 2.93. The fraction of sp³-hybridized carbons (Fsp3) is 0.267. The predicted octanol–water partition coefficient (Wildman–Crippen LogP) is 1.11. The molecule has 2 rings (SSSR count). The minimum absolute atomic E-state index is 0.238. The molecule has 1 unspecified atom stereocenters. The molecule has 0 fully saturated rings. The molecule has 1 aromatic heterocycles. The van der Waals surface area contributed by atoms with Gasteiger partial charge in [-0.05, 0) is 25.2 Å². The third kappa shape index (κ3) is 3.50. The van der Waals surface area contributed by atoms with Gasteiger partial charge in [-0.3, -0.25) is 9.48 Å². The summed E-state index contributed by atoms with van der Waals surface area (Å²) in [4.78, 5) is 23.9. The van der Waals surface area contributed by atoms with Gasteiger partial charge in [-0.25, -0.2) is 4.79 Å². The third-order valence-corrected chi connectivity index (χ3v) is 3.16. The maximum atomic E-state index is 12.4. The monoisotopic (exact) mass is 302 g/mol. The van der Waals surface area contributed by atoms with E-state index in [1.807, 2.05) is 0 Å². The van der Waals surface area contributed by atoms with Crippen LogP contribution in [0, 0.1) is 0 Å². The first kappa shape index (κ1) is 15.7. The minimum Gasteiger partial charge on any atom is -0.465 e. The molecule has 7 heteroatoms. The first-order valence-electron chi connectivity index (χ1n) is 6.70. The number of nitrogens with one attached hydrogen (secondary N) is 2. The summed E-state index contributed by atoms with van der Waals surface area (Å²) in [6, 6.07) is 6.05. The van der Waals surface area contributed by atoms with Crippen molar-refractivity contribution >= 4 is 17.6 Å². The maximum Gasteiger partial charge on any atom is 0.337 e. The topological polar surface area (TPSA) is 85.2 Å². The molecule has 2 N–H and O–H groups in total. The molecule has 1 heterocycles. The van der Waals surface area contributed by atoms with Crippen LogP contribution in [0.3, 0.4) is 0 Å². The molecule has 0 aliphatic heterocycles. The zero-order valence-corrected chi connectivity index (χ0v) is 12.7. The molecule has 22 heavy (non-hydrogen) atoms. The Bertz CT molecular complexity index is 681. The number of aryl methyl sites for hydroxylation is 1. The van der Waals surface area contributed by atoms with E-state index < -0.39 is 12.0 Å². The van der Waals surface area contributed by atoms with Gasteiger partial charge in [0.05, 0.1) is 18.9 Å². The number of esters is 1. The molecule has 116 valence electrons. The lowest BCUT2D eigenvalue weighted by molar-refractivity contribution is -0.118. The van der Waals surface area contributed by atoms with Crippen LogP contribution in [-0.4, -0.2) is 35.8 Å². The van der Waals surface area contributed by atoms with Gasteiger partial charge in [0.1, 0.15) is 6.04 Å². The Morgan fingerprint density at radius 3 is 2.73 bits per heavy atom. The summed E-state index contributed by atoms with van der Waals surface area (Å²) < 4.78 is 6.29. The van der Waals surface area contributed by atoms with Crippen LogP contribution in [0.4, 0.5) is 5.69 Å². The summed E-state index contributed by atoms with van der Waals surface area (Å²) in [7, 11) is 4.79. The second-order valence-electron chi connectivity index (χ2n) is 4.73. The zero-order chi connectivity index (χ0) is 16.1. The van der Waals surface area contributed by atoms with E-state index in [4.69, 9.17) is 0 Å². The van der Waals surface area contributed by atoms with Crippen LogP contribution >= 0.6 is 0 Å². The molecular formula is C15H18N4O3. The summed E-state index contributed by atoms with van der Waals surface area (Å²) in [6.07, 6.45) is 3.40. The molecule has 0 saturated heterocycles. The van der Waals surface area contributed by atoms with Crippen molar-refractivity contribution in [2.45, 2.75) is 6.04 Å². The quantitative estimate of drug-likeness (QED) is 0.808. The number of amides is 1. The number of nitrogens with zero attached hydrogens (tertiary/aromatic N) is 2. The number of hydrogen-bond acceptors (Lipinski definition) is 5. The van der Waals surface area contributed by atoms with Crippen molar-refractivity contribution in [2.24, 2.45) is 7.05 Å². The molecule has 0 spiro atoms. The Kier molecular flexibility index (Phi) is 4.90. The fourth-order valence-corrected chi connectivity index (χ4v) is 2.09. The highest BCUT2D eigenvalue weighted by Crippen LogP contribution is 2.16. The van der Waals surface area contributed by atoms with Gasteiger partial charge in [0.2, 0.25) is 5.91 Å². The van der Waals surface area contributed by atoms with Gasteiger partial charge in [0.15, 0.2) is 0 Å². The summed E-state index contributed by atoms with van der Waals surface area (Å²) in [5.74, 6) is -0.689. The van der Waals surface area contributed by atoms with E-state index in [9.17, 15) is 9.59 Å².